The molecule has 3 heterocycles. The summed E-state index contributed by atoms with van der Waals surface area (Å²) in [4.78, 5) is 32.7. The number of hydrogen-bond acceptors (Lipinski definition) is 6. The number of hydrogen-bond donors (Lipinski definition) is 1. The smallest absolute Gasteiger partial charge is 0.233 e. The second-order valence-electron chi connectivity index (χ2n) is 11.2. The van der Waals surface area contributed by atoms with Crippen molar-refractivity contribution >= 4 is 34.2 Å². The number of aromatic hydroxyl groups is 1. The van der Waals surface area contributed by atoms with E-state index in [2.05, 4.69) is 11.1 Å². The van der Waals surface area contributed by atoms with Crippen LogP contribution >= 0.6 is 0 Å². The molecule has 3 aliphatic rings. The first-order valence-electron chi connectivity index (χ1n) is 14.5. The molecule has 2 amide bonds. The minimum atomic E-state index is -0.344. The summed E-state index contributed by atoms with van der Waals surface area (Å²) in [5.74, 6) is -0.581. The maximum Gasteiger partial charge on any atom is 0.233 e. The molecule has 0 saturated carbocycles. The number of pyridine rings is 1. The standard InChI is InChI=1S/C34H36N2O5/c1-3-16-36-33(38)26-18-23(19-40-2)31-27(32(26)34(36)39)20-41-30(31)14-12-22(28-10-6-7-15-35-28)17-21-11-13-29(37)25-9-5-4-8-24(21)25/h4-11,13,15,17,26-27,30,32,37H,3,12,14,16,18-20H2,1-2H3/b22-17-/t26-,27+,30-,32-/m1/s1. The third-order valence-corrected chi connectivity index (χ3v) is 8.80. The number of fused-ring (bicyclic) bond motifs is 4. The molecule has 4 atom stereocenters. The molecule has 3 aromatic rings. The summed E-state index contributed by atoms with van der Waals surface area (Å²) in [6, 6.07) is 17.4. The predicted molar refractivity (Wildman–Crippen MR) is 158 cm³/mol. The summed E-state index contributed by atoms with van der Waals surface area (Å²) in [5.41, 5.74) is 5.23. The molecule has 2 aromatic carbocycles. The number of benzene rings is 2. The highest BCUT2D eigenvalue weighted by atomic mass is 16.5. The highest BCUT2D eigenvalue weighted by molar-refractivity contribution is 6.06. The van der Waals surface area contributed by atoms with E-state index in [-0.39, 0.29) is 41.4 Å². The molecule has 41 heavy (non-hydrogen) atoms. The topological polar surface area (TPSA) is 89.0 Å². The van der Waals surface area contributed by atoms with Crippen LogP contribution in [0.3, 0.4) is 0 Å². The van der Waals surface area contributed by atoms with Crippen LogP contribution in [-0.2, 0) is 19.1 Å². The van der Waals surface area contributed by atoms with E-state index < -0.39 is 0 Å². The average Bonchev–Trinajstić information content (AvgIpc) is 3.52. The highest BCUT2D eigenvalue weighted by Crippen LogP contribution is 2.50. The van der Waals surface area contributed by atoms with Crippen molar-refractivity contribution in [2.75, 3.05) is 26.9 Å². The number of ether oxygens (including phenoxy) is 2. The number of amides is 2. The third kappa shape index (κ3) is 4.98. The van der Waals surface area contributed by atoms with Crippen LogP contribution in [0.5, 0.6) is 5.75 Å². The monoisotopic (exact) mass is 552 g/mol. The molecular formula is C34H36N2O5. The average molecular weight is 553 g/mol. The van der Waals surface area contributed by atoms with Gasteiger partial charge in [-0.1, -0.05) is 43.3 Å². The van der Waals surface area contributed by atoms with Gasteiger partial charge in [0.2, 0.25) is 11.8 Å². The molecular weight excluding hydrogens is 516 g/mol. The molecule has 2 fully saturated rings. The van der Waals surface area contributed by atoms with Crippen LogP contribution in [0.2, 0.25) is 0 Å². The maximum absolute atomic E-state index is 13.4. The quantitative estimate of drug-likeness (QED) is 0.273. The lowest BCUT2D eigenvalue weighted by atomic mass is 9.69. The zero-order chi connectivity index (χ0) is 28.5. The molecule has 0 unspecified atom stereocenters. The van der Waals surface area contributed by atoms with Gasteiger partial charge < -0.3 is 14.6 Å². The van der Waals surface area contributed by atoms with Crippen molar-refractivity contribution in [3.63, 3.8) is 0 Å². The van der Waals surface area contributed by atoms with Crippen molar-refractivity contribution < 1.29 is 24.2 Å². The van der Waals surface area contributed by atoms with Gasteiger partial charge in [-0.3, -0.25) is 19.5 Å². The number of nitrogens with zero attached hydrogens (tertiary/aromatic N) is 2. The minimum absolute atomic E-state index is 0.0422. The SMILES string of the molecule is CCCN1C(=O)[C@@H]2[C@@H](CC(COC)=C3[C@@H](CC/C(=C/c4ccc(O)c5ccccc45)c4ccccn4)OC[C@@H]32)C1=O. The van der Waals surface area contributed by atoms with Crippen molar-refractivity contribution in [1.82, 2.24) is 9.88 Å². The second kappa shape index (κ2) is 11.6. The Bertz CT molecular complexity index is 1530. The van der Waals surface area contributed by atoms with Gasteiger partial charge >= 0.3 is 0 Å². The van der Waals surface area contributed by atoms with Crippen LogP contribution in [0.1, 0.15) is 43.9 Å². The Morgan fingerprint density at radius 1 is 1.07 bits per heavy atom. The summed E-state index contributed by atoms with van der Waals surface area (Å²) >= 11 is 0. The summed E-state index contributed by atoms with van der Waals surface area (Å²) in [6.45, 7) is 3.34. The zero-order valence-electron chi connectivity index (χ0n) is 23.6. The van der Waals surface area contributed by atoms with Gasteiger partial charge in [0.05, 0.1) is 36.8 Å². The normalized spacial score (nSPS) is 24.3. The van der Waals surface area contributed by atoms with Gasteiger partial charge in [0, 0.05) is 31.2 Å². The van der Waals surface area contributed by atoms with Crippen molar-refractivity contribution in [2.24, 2.45) is 17.8 Å². The molecule has 0 radical (unpaired) electrons. The number of allylic oxidation sites excluding steroid dienone is 1. The van der Waals surface area contributed by atoms with Crippen LogP contribution in [0, 0.1) is 17.8 Å². The van der Waals surface area contributed by atoms with Crippen molar-refractivity contribution in [1.29, 1.82) is 0 Å². The van der Waals surface area contributed by atoms with Crippen LogP contribution in [0.15, 0.2) is 71.9 Å². The molecule has 7 heteroatoms. The lowest BCUT2D eigenvalue weighted by molar-refractivity contribution is -0.140. The Labute approximate surface area is 240 Å². The number of phenols is 1. The molecule has 1 aromatic heterocycles. The van der Waals surface area contributed by atoms with E-state index >= 15 is 0 Å². The Balaban J connectivity index is 1.32. The Morgan fingerprint density at radius 2 is 1.88 bits per heavy atom. The summed E-state index contributed by atoms with van der Waals surface area (Å²) in [5, 5.41) is 12.2. The molecule has 7 nitrogen and oxygen atoms in total. The van der Waals surface area contributed by atoms with Crippen molar-refractivity contribution in [3.8, 4) is 5.75 Å². The Kier molecular flexibility index (Phi) is 7.73. The van der Waals surface area contributed by atoms with E-state index in [1.165, 1.54) is 4.90 Å². The van der Waals surface area contributed by atoms with Crippen LogP contribution in [0.25, 0.3) is 22.4 Å². The first-order chi connectivity index (χ1) is 20.0. The van der Waals surface area contributed by atoms with Gasteiger partial charge in [0.15, 0.2) is 0 Å². The molecule has 1 N–H and O–H groups in total. The zero-order valence-corrected chi connectivity index (χ0v) is 23.6. The molecule has 1 aliphatic carbocycles. The summed E-state index contributed by atoms with van der Waals surface area (Å²) in [7, 11) is 1.67. The van der Waals surface area contributed by atoms with Crippen molar-refractivity contribution in [2.45, 2.75) is 38.7 Å². The fraction of sp³-hybridized carbons (Fsp3) is 0.382. The number of likely N-dealkylation sites (tertiary alicyclic amines) is 1. The van der Waals surface area contributed by atoms with Crippen LogP contribution < -0.4 is 0 Å². The van der Waals surface area contributed by atoms with Gasteiger partial charge in [0.25, 0.3) is 0 Å². The van der Waals surface area contributed by atoms with Crippen LogP contribution in [0.4, 0.5) is 0 Å². The third-order valence-electron chi connectivity index (χ3n) is 8.80. The number of carbonyl (C=O) groups is 2. The minimum Gasteiger partial charge on any atom is -0.507 e. The number of phenolic OH excluding ortho intramolecular Hbond substituents is 1. The van der Waals surface area contributed by atoms with Gasteiger partial charge in [-0.15, -0.1) is 0 Å². The lowest BCUT2D eigenvalue weighted by Crippen LogP contribution is -2.35. The first kappa shape index (κ1) is 27.4. The van der Waals surface area contributed by atoms with E-state index in [9.17, 15) is 14.7 Å². The van der Waals surface area contributed by atoms with E-state index in [0.29, 0.717) is 32.6 Å². The number of imide groups is 1. The number of rotatable bonds is 9. The Morgan fingerprint density at radius 3 is 2.63 bits per heavy atom. The predicted octanol–water partition coefficient (Wildman–Crippen LogP) is 5.63. The maximum atomic E-state index is 13.4. The number of carbonyl (C=O) groups excluding carboxylic acids is 2. The number of aromatic nitrogens is 1. The van der Waals surface area contributed by atoms with Gasteiger partial charge in [-0.05, 0) is 77.6 Å². The van der Waals surface area contributed by atoms with Gasteiger partial charge in [0.1, 0.15) is 5.75 Å². The van der Waals surface area contributed by atoms with Crippen molar-refractivity contribution in [3.05, 3.63) is 83.2 Å². The first-order valence-corrected chi connectivity index (χ1v) is 14.5. The number of methoxy groups -OCH3 is 1. The molecule has 0 spiro atoms. The van der Waals surface area contributed by atoms with E-state index in [0.717, 1.165) is 51.6 Å². The van der Waals surface area contributed by atoms with E-state index in [4.69, 9.17) is 9.47 Å². The molecule has 6 rings (SSSR count). The second-order valence-corrected chi connectivity index (χ2v) is 11.2. The summed E-state index contributed by atoms with van der Waals surface area (Å²) < 4.78 is 12.0. The van der Waals surface area contributed by atoms with E-state index in [1.807, 2.05) is 55.5 Å². The van der Waals surface area contributed by atoms with E-state index in [1.54, 1.807) is 19.4 Å². The molecule has 2 saturated heterocycles. The molecule has 2 aliphatic heterocycles. The van der Waals surface area contributed by atoms with Gasteiger partial charge in [-0.2, -0.15) is 0 Å². The molecule has 0 bridgehead atoms. The fourth-order valence-electron chi connectivity index (χ4n) is 7.02. The lowest BCUT2D eigenvalue weighted by Gasteiger charge is -2.31. The Hall–Kier alpha value is -3.81. The summed E-state index contributed by atoms with van der Waals surface area (Å²) in [6.07, 6.45) is 6.53. The van der Waals surface area contributed by atoms with Gasteiger partial charge in [-0.25, -0.2) is 0 Å². The molecule has 212 valence electrons. The van der Waals surface area contributed by atoms with Crippen LogP contribution in [-0.4, -0.2) is 59.8 Å². The fourth-order valence-corrected chi connectivity index (χ4v) is 7.02. The largest absolute Gasteiger partial charge is 0.507 e. The highest BCUT2D eigenvalue weighted by Gasteiger charge is 2.56.